The smallest absolute Gasteiger partial charge is 0.00461 e. The second-order valence-corrected chi connectivity index (χ2v) is 1.15. The molecule has 0 unspecified atom stereocenters. The third-order valence-corrected chi connectivity index (χ3v) is 0.333. The Morgan fingerprint density at radius 1 is 0.500 bits per heavy atom. The van der Waals surface area contributed by atoms with Gasteiger partial charge in [0, 0.05) is 26.2 Å². The Hall–Kier alpha value is -0.160. The van der Waals surface area contributed by atoms with E-state index in [1.165, 1.54) is 0 Å². The lowest BCUT2D eigenvalue weighted by Gasteiger charge is -1.72. The van der Waals surface area contributed by atoms with E-state index in [1.54, 1.807) is 0 Å². The summed E-state index contributed by atoms with van der Waals surface area (Å²) in [4.78, 5) is 0. The minimum atomic E-state index is 0.597. The number of rotatable bonds is 2. The molecule has 0 spiro atoms. The van der Waals surface area contributed by atoms with E-state index in [1.807, 2.05) is 0 Å². The highest BCUT2D eigenvalue weighted by molar-refractivity contribution is 4.26. The number of hydrogen-bond donors (Lipinski definition) is 4. The van der Waals surface area contributed by atoms with Crippen LogP contribution in [0.15, 0.2) is 0 Å². The van der Waals surface area contributed by atoms with Gasteiger partial charge in [-0.25, -0.2) is 0 Å². The van der Waals surface area contributed by atoms with Crippen LogP contribution in [0.4, 0.5) is 0 Å². The molecule has 52 valence electrons. The van der Waals surface area contributed by atoms with Crippen LogP contribution in [0.2, 0.25) is 0 Å². The van der Waals surface area contributed by atoms with Gasteiger partial charge in [-0.1, -0.05) is 0 Å². The van der Waals surface area contributed by atoms with E-state index in [2.05, 4.69) is 0 Å². The first kappa shape index (κ1) is 10.8. The molecule has 0 aliphatic heterocycles. The molecular formula is C4H16N4. The second-order valence-electron chi connectivity index (χ2n) is 1.15. The molecule has 0 atom stereocenters. The van der Waals surface area contributed by atoms with Crippen LogP contribution in [0, 0.1) is 0 Å². The largest absolute Gasteiger partial charge is 0.329 e. The van der Waals surface area contributed by atoms with E-state index in [4.69, 9.17) is 22.9 Å². The summed E-state index contributed by atoms with van der Waals surface area (Å²) < 4.78 is 0. The zero-order chi connectivity index (χ0) is 6.83. The van der Waals surface area contributed by atoms with Crippen LogP contribution in [0.3, 0.4) is 0 Å². The Balaban J connectivity index is 0. The number of hydrogen-bond acceptors (Lipinski definition) is 4. The van der Waals surface area contributed by atoms with Crippen molar-refractivity contribution in [3.8, 4) is 0 Å². The highest BCUT2D eigenvalue weighted by Crippen LogP contribution is 1.24. The van der Waals surface area contributed by atoms with Crippen molar-refractivity contribution >= 4 is 0 Å². The van der Waals surface area contributed by atoms with Gasteiger partial charge in [0.15, 0.2) is 0 Å². The molecule has 0 aromatic heterocycles. The molecule has 0 aromatic rings. The van der Waals surface area contributed by atoms with Gasteiger partial charge in [-0.2, -0.15) is 0 Å². The van der Waals surface area contributed by atoms with Gasteiger partial charge < -0.3 is 22.9 Å². The van der Waals surface area contributed by atoms with E-state index in [9.17, 15) is 0 Å². The average Bonchev–Trinajstić information content (AvgIpc) is 1.88. The van der Waals surface area contributed by atoms with Gasteiger partial charge in [0.1, 0.15) is 0 Å². The summed E-state index contributed by atoms with van der Waals surface area (Å²) in [6.07, 6.45) is 0. The SMILES string of the molecule is NCCN.NCCN. The van der Waals surface area contributed by atoms with Gasteiger partial charge in [0.05, 0.1) is 0 Å². The van der Waals surface area contributed by atoms with E-state index < -0.39 is 0 Å². The van der Waals surface area contributed by atoms with Crippen LogP contribution in [0.5, 0.6) is 0 Å². The van der Waals surface area contributed by atoms with Gasteiger partial charge in [-0.15, -0.1) is 0 Å². The fraction of sp³-hybridized carbons (Fsp3) is 1.00. The summed E-state index contributed by atoms with van der Waals surface area (Å²) in [5.41, 5.74) is 19.6. The molecule has 0 bridgehead atoms. The van der Waals surface area contributed by atoms with Gasteiger partial charge in [-0.05, 0) is 0 Å². The molecule has 0 saturated heterocycles. The number of nitrogens with two attached hydrogens (primary N) is 4. The third-order valence-electron chi connectivity index (χ3n) is 0.333. The van der Waals surface area contributed by atoms with Crippen LogP contribution < -0.4 is 22.9 Å². The first-order chi connectivity index (χ1) is 3.83. The molecule has 4 heteroatoms. The van der Waals surface area contributed by atoms with Gasteiger partial charge in [0.25, 0.3) is 0 Å². The van der Waals surface area contributed by atoms with Gasteiger partial charge >= 0.3 is 0 Å². The topological polar surface area (TPSA) is 104 Å². The zero-order valence-electron chi connectivity index (χ0n) is 5.14. The van der Waals surface area contributed by atoms with Gasteiger partial charge in [0.2, 0.25) is 0 Å². The van der Waals surface area contributed by atoms with Crippen molar-refractivity contribution in [1.29, 1.82) is 0 Å². The first-order valence-corrected chi connectivity index (χ1v) is 2.63. The average molecular weight is 120 g/mol. The summed E-state index contributed by atoms with van der Waals surface area (Å²) in [7, 11) is 0. The minimum Gasteiger partial charge on any atom is -0.329 e. The Morgan fingerprint density at radius 3 is 0.625 bits per heavy atom. The standard InChI is InChI=1S/2C2H8N2/c2*3-1-2-4/h2*1-4H2. The lowest BCUT2D eigenvalue weighted by atomic mass is 10.7. The van der Waals surface area contributed by atoms with Gasteiger partial charge in [-0.3, -0.25) is 0 Å². The maximum atomic E-state index is 4.90. The highest BCUT2D eigenvalue weighted by atomic mass is 14.6. The summed E-state index contributed by atoms with van der Waals surface area (Å²) in [5.74, 6) is 0. The van der Waals surface area contributed by atoms with Crippen LogP contribution in [0.25, 0.3) is 0 Å². The highest BCUT2D eigenvalue weighted by Gasteiger charge is 1.54. The second kappa shape index (κ2) is 15.8. The minimum absolute atomic E-state index is 0.597. The molecule has 0 rings (SSSR count). The predicted octanol–water partition coefficient (Wildman–Crippen LogP) is -2.19. The van der Waals surface area contributed by atoms with Crippen LogP contribution in [-0.4, -0.2) is 26.2 Å². The molecule has 4 nitrogen and oxygen atoms in total. The summed E-state index contributed by atoms with van der Waals surface area (Å²) in [5, 5.41) is 0. The van der Waals surface area contributed by atoms with Crippen molar-refractivity contribution in [1.82, 2.24) is 0 Å². The van der Waals surface area contributed by atoms with Crippen molar-refractivity contribution in [2.24, 2.45) is 22.9 Å². The monoisotopic (exact) mass is 120 g/mol. The fourth-order valence-corrected chi connectivity index (χ4v) is 0. The Morgan fingerprint density at radius 2 is 0.625 bits per heavy atom. The quantitative estimate of drug-likeness (QED) is 0.332. The molecular weight excluding hydrogens is 104 g/mol. The molecule has 0 radical (unpaired) electrons. The van der Waals surface area contributed by atoms with Crippen molar-refractivity contribution in [2.45, 2.75) is 0 Å². The first-order valence-electron chi connectivity index (χ1n) is 2.63. The Labute approximate surface area is 50.2 Å². The van der Waals surface area contributed by atoms with Crippen molar-refractivity contribution in [3.05, 3.63) is 0 Å². The van der Waals surface area contributed by atoms with Crippen molar-refractivity contribution in [2.75, 3.05) is 26.2 Å². The Kier molecular flexibility index (Phi) is 21.3. The molecule has 0 amide bonds. The van der Waals surface area contributed by atoms with Crippen molar-refractivity contribution in [3.63, 3.8) is 0 Å². The summed E-state index contributed by atoms with van der Waals surface area (Å²) in [6, 6.07) is 0. The molecule has 0 saturated carbocycles. The maximum absolute atomic E-state index is 4.90. The molecule has 8 heavy (non-hydrogen) atoms. The van der Waals surface area contributed by atoms with E-state index in [0.29, 0.717) is 26.2 Å². The normalized spacial score (nSPS) is 7.50. The molecule has 0 aliphatic rings. The summed E-state index contributed by atoms with van der Waals surface area (Å²) >= 11 is 0. The fourth-order valence-electron chi connectivity index (χ4n) is 0. The summed E-state index contributed by atoms with van der Waals surface area (Å²) in [6.45, 7) is 2.39. The zero-order valence-corrected chi connectivity index (χ0v) is 5.14. The van der Waals surface area contributed by atoms with E-state index in [0.717, 1.165) is 0 Å². The van der Waals surface area contributed by atoms with Crippen LogP contribution in [-0.2, 0) is 0 Å². The lowest BCUT2D eigenvalue weighted by molar-refractivity contribution is 0.976. The molecule has 0 aromatic carbocycles. The lowest BCUT2D eigenvalue weighted by Crippen LogP contribution is -2.11. The van der Waals surface area contributed by atoms with Crippen LogP contribution in [0.1, 0.15) is 0 Å². The molecule has 8 N–H and O–H groups in total. The molecule has 0 fully saturated rings. The van der Waals surface area contributed by atoms with E-state index in [-0.39, 0.29) is 0 Å². The molecule has 0 heterocycles. The predicted molar refractivity (Wildman–Crippen MR) is 36.2 cm³/mol. The van der Waals surface area contributed by atoms with Crippen molar-refractivity contribution < 1.29 is 0 Å². The van der Waals surface area contributed by atoms with E-state index >= 15 is 0 Å². The van der Waals surface area contributed by atoms with Crippen LogP contribution >= 0.6 is 0 Å². The Bertz CT molecular complexity index is 16.0. The molecule has 0 aliphatic carbocycles. The maximum Gasteiger partial charge on any atom is 0.00461 e. The third kappa shape index (κ3) is 40.4.